The zero-order chi connectivity index (χ0) is 49.6. The molecule has 2 atom stereocenters. The molecule has 4 aliphatic carbocycles. The van der Waals surface area contributed by atoms with Crippen molar-refractivity contribution in [3.05, 3.63) is 208 Å². The summed E-state index contributed by atoms with van der Waals surface area (Å²) in [6.07, 6.45) is 21.3. The first-order valence-corrected chi connectivity index (χ1v) is 31.3. The van der Waals surface area contributed by atoms with Gasteiger partial charge in [0.1, 0.15) is 0 Å². The van der Waals surface area contributed by atoms with Gasteiger partial charge in [-0.15, -0.1) is 0 Å². The summed E-state index contributed by atoms with van der Waals surface area (Å²) in [5, 5.41) is 7.59. The zero-order valence-corrected chi connectivity index (χ0v) is 45.1. The Morgan fingerprint density at radius 1 is 0.467 bits per heavy atom. The number of para-hydroxylation sites is 2. The van der Waals surface area contributed by atoms with Crippen LogP contribution in [-0.2, 0) is 43.9 Å². The molecule has 0 amide bonds. The third-order valence-electron chi connectivity index (χ3n) is 20.4. The molecule has 0 spiro atoms. The highest BCUT2D eigenvalue weighted by atomic mass is 28.3. The summed E-state index contributed by atoms with van der Waals surface area (Å²) in [7, 11) is -3.10. The lowest BCUT2D eigenvalue weighted by Crippen LogP contribution is -2.88. The van der Waals surface area contributed by atoms with E-state index in [0.717, 1.165) is 6.42 Å². The molecule has 5 heterocycles. The molecule has 1 saturated carbocycles. The lowest BCUT2D eigenvalue weighted by molar-refractivity contribution is 0.529. The van der Waals surface area contributed by atoms with Crippen molar-refractivity contribution in [2.75, 3.05) is 4.90 Å². The number of nitrogens with zero attached hydrogens (tertiary/aromatic N) is 3. The van der Waals surface area contributed by atoms with Gasteiger partial charge in [0, 0.05) is 62.6 Å². The van der Waals surface area contributed by atoms with E-state index in [0.29, 0.717) is 12.0 Å². The summed E-state index contributed by atoms with van der Waals surface area (Å²) >= 11 is 0. The molecule has 2 aromatic heterocycles. The van der Waals surface area contributed by atoms with Gasteiger partial charge in [-0.1, -0.05) is 159 Å². The molecular weight excluding hydrogens is 922 g/mol. The first-order valence-electron chi connectivity index (χ1n) is 29.3. The number of hydrogen-bond donors (Lipinski definition) is 0. The molecule has 7 aliphatic rings. The number of aromatic nitrogens is 2. The molecule has 0 N–H and O–H groups in total. The molecule has 0 saturated heterocycles. The van der Waals surface area contributed by atoms with Gasteiger partial charge in [0.05, 0.1) is 5.52 Å². The van der Waals surface area contributed by atoms with Crippen molar-refractivity contribution in [1.82, 2.24) is 9.13 Å². The van der Waals surface area contributed by atoms with Gasteiger partial charge < -0.3 is 14.0 Å². The SMILES string of the molecule is CC1(C)c2cc(-n3c4c(c5ccccc53)CCCC4)ccc2B2c3ccc(-n4c5c(c6c4CCCC6)CCCC5)cc3[Si](c3ccccc3)(c3ccccc3)c3cc(N4c5ccccc5C5CCCCCC54)cc1c32. The molecule has 3 aliphatic heterocycles. The average molecular weight is 990 g/mol. The molecule has 1 fully saturated rings. The summed E-state index contributed by atoms with van der Waals surface area (Å²) < 4.78 is 5.50. The molecule has 2 unspecified atom stereocenters. The fourth-order valence-electron chi connectivity index (χ4n) is 17.3. The van der Waals surface area contributed by atoms with Gasteiger partial charge in [-0.3, -0.25) is 0 Å². The number of rotatable bonds is 5. The maximum Gasteiger partial charge on any atom is 0.241 e. The number of hydrogen-bond acceptors (Lipinski definition) is 1. The van der Waals surface area contributed by atoms with Crippen molar-refractivity contribution >= 4 is 74.2 Å². The Bertz CT molecular complexity index is 3710. The monoisotopic (exact) mass is 990 g/mol. The van der Waals surface area contributed by atoms with Crippen molar-refractivity contribution in [2.45, 2.75) is 140 Å². The van der Waals surface area contributed by atoms with Crippen LogP contribution in [0.2, 0.25) is 0 Å². The van der Waals surface area contributed by atoms with Crippen molar-refractivity contribution in [1.29, 1.82) is 0 Å². The molecular formula is C70H68BN3Si. The van der Waals surface area contributed by atoms with Gasteiger partial charge in [-0.25, -0.2) is 0 Å². The van der Waals surface area contributed by atoms with Crippen LogP contribution in [0.25, 0.3) is 22.3 Å². The Kier molecular flexibility index (Phi) is 10.1. The van der Waals surface area contributed by atoms with E-state index in [2.05, 4.69) is 186 Å². The minimum atomic E-state index is -3.10. The van der Waals surface area contributed by atoms with Gasteiger partial charge >= 0.3 is 0 Å². The molecule has 5 heteroatoms. The molecule has 3 nitrogen and oxygen atoms in total. The van der Waals surface area contributed by atoms with Crippen LogP contribution >= 0.6 is 0 Å². The van der Waals surface area contributed by atoms with E-state index >= 15 is 0 Å². The molecule has 0 bridgehead atoms. The summed E-state index contributed by atoms with van der Waals surface area (Å²) in [6.45, 7) is 5.27. The van der Waals surface area contributed by atoms with Crippen molar-refractivity contribution < 1.29 is 0 Å². The van der Waals surface area contributed by atoms with Gasteiger partial charge in [0.15, 0.2) is 8.07 Å². The number of aryl methyl sites for hydroxylation is 1. The van der Waals surface area contributed by atoms with E-state index in [1.807, 2.05) is 0 Å². The predicted octanol–water partition coefficient (Wildman–Crippen LogP) is 11.5. The molecule has 9 aromatic rings. The van der Waals surface area contributed by atoms with Gasteiger partial charge in [0.25, 0.3) is 0 Å². The Balaban J connectivity index is 1.03. The van der Waals surface area contributed by atoms with Crippen LogP contribution in [0.5, 0.6) is 0 Å². The Labute approximate surface area is 445 Å². The first-order chi connectivity index (χ1) is 37.0. The quantitative estimate of drug-likeness (QED) is 0.157. The first kappa shape index (κ1) is 44.7. The van der Waals surface area contributed by atoms with Gasteiger partial charge in [-0.05, 0) is 193 Å². The Morgan fingerprint density at radius 3 is 1.77 bits per heavy atom. The van der Waals surface area contributed by atoms with E-state index in [9.17, 15) is 0 Å². The maximum absolute atomic E-state index is 3.10. The van der Waals surface area contributed by atoms with Crippen LogP contribution in [0.15, 0.2) is 158 Å². The third kappa shape index (κ3) is 6.28. The second kappa shape index (κ2) is 17.0. The fourth-order valence-corrected chi connectivity index (χ4v) is 22.6. The van der Waals surface area contributed by atoms with Crippen LogP contribution in [0.4, 0.5) is 11.4 Å². The minimum absolute atomic E-state index is 0.0949. The summed E-state index contributed by atoms with van der Waals surface area (Å²) in [5.74, 6) is 0.550. The number of fused-ring (bicyclic) bond motifs is 13. The molecule has 370 valence electrons. The number of benzene rings is 7. The van der Waals surface area contributed by atoms with Crippen LogP contribution in [0, 0.1) is 0 Å². The maximum atomic E-state index is 2.89. The van der Waals surface area contributed by atoms with Gasteiger partial charge in [0.2, 0.25) is 6.71 Å². The molecule has 16 rings (SSSR count). The van der Waals surface area contributed by atoms with Gasteiger partial charge in [-0.2, -0.15) is 0 Å². The Hall–Kier alpha value is -6.56. The summed E-state index contributed by atoms with van der Waals surface area (Å²) in [4.78, 5) is 2.89. The molecule has 75 heavy (non-hydrogen) atoms. The smallest absolute Gasteiger partial charge is 0.241 e. The minimum Gasteiger partial charge on any atom is -0.338 e. The van der Waals surface area contributed by atoms with Crippen molar-refractivity contribution in [3.63, 3.8) is 0 Å². The second-order valence-corrected chi connectivity index (χ2v) is 28.1. The lowest BCUT2D eigenvalue weighted by Gasteiger charge is -2.49. The van der Waals surface area contributed by atoms with Crippen molar-refractivity contribution in [2.24, 2.45) is 0 Å². The van der Waals surface area contributed by atoms with Crippen LogP contribution in [0.1, 0.15) is 141 Å². The van der Waals surface area contributed by atoms with E-state index in [-0.39, 0.29) is 12.1 Å². The van der Waals surface area contributed by atoms with Crippen LogP contribution < -0.4 is 42.0 Å². The predicted molar refractivity (Wildman–Crippen MR) is 318 cm³/mol. The van der Waals surface area contributed by atoms with Crippen molar-refractivity contribution in [3.8, 4) is 11.4 Å². The third-order valence-corrected chi connectivity index (χ3v) is 25.2. The highest BCUT2D eigenvalue weighted by Gasteiger charge is 2.55. The summed E-state index contributed by atoms with van der Waals surface area (Å²) in [6, 6.07) is 64.6. The standard InChI is InChI=1S/C70H68BN3Si/c1-70(2)57-42-46(72-61-33-17-12-27-52(61)53-28-13-18-34-62(53)72)38-40-59(57)71-60-41-39-47(73-63-35-19-14-29-54(63)55-30-15-20-36-64(55)73)44-67(60)75(49-22-6-3-7-23-49,50-24-8-4-9-25-50)68-45-48(43-58(70)69(68)71)74-65-32-11-5-10-26-51(65)56-31-16-21-37-66(56)74/h3-4,6-9,12,16-17,21-25,27,31,33,37-45,51,65H,5,10-11,13-15,18-20,26,28-30,32,34-36H2,1-2H3. The van der Waals surface area contributed by atoms with E-state index in [1.165, 1.54) is 175 Å². The summed E-state index contributed by atoms with van der Waals surface area (Å²) in [5.41, 5.74) is 25.5. The number of anilines is 2. The highest BCUT2D eigenvalue weighted by molar-refractivity contribution is 7.26. The highest BCUT2D eigenvalue weighted by Crippen LogP contribution is 2.51. The largest absolute Gasteiger partial charge is 0.338 e. The molecule has 0 radical (unpaired) electrons. The Morgan fingerprint density at radius 2 is 1.04 bits per heavy atom. The van der Waals surface area contributed by atoms with E-state index in [1.54, 1.807) is 49.5 Å². The second-order valence-electron chi connectivity index (χ2n) is 24.4. The zero-order valence-electron chi connectivity index (χ0n) is 44.1. The normalized spacial score (nSPS) is 20.5. The van der Waals surface area contributed by atoms with Crippen LogP contribution in [0.3, 0.4) is 0 Å². The topological polar surface area (TPSA) is 13.1 Å². The van der Waals surface area contributed by atoms with E-state index in [4.69, 9.17) is 0 Å². The average Bonchev–Trinajstić information content (AvgIpc) is 4.02. The van der Waals surface area contributed by atoms with Crippen LogP contribution in [-0.4, -0.2) is 30.0 Å². The lowest BCUT2D eigenvalue weighted by atomic mass is 9.31. The molecule has 7 aromatic carbocycles. The fraction of sp³-hybridized carbons (Fsp3) is 0.314. The van der Waals surface area contributed by atoms with E-state index < -0.39 is 8.07 Å².